The summed E-state index contributed by atoms with van der Waals surface area (Å²) in [7, 11) is 1.44. The topological polar surface area (TPSA) is 63.6 Å². The summed E-state index contributed by atoms with van der Waals surface area (Å²) in [5.41, 5.74) is 0. The Morgan fingerprint density at radius 2 is 1.47 bits per heavy atom. The van der Waals surface area contributed by atoms with Crippen molar-refractivity contribution in [2.45, 2.75) is 58.0 Å². The van der Waals surface area contributed by atoms with Gasteiger partial charge in [-0.1, -0.05) is 39.0 Å². The van der Waals surface area contributed by atoms with Crippen LogP contribution in [0, 0.1) is 0 Å². The minimum absolute atomic E-state index is 0.0782. The van der Waals surface area contributed by atoms with E-state index in [1.54, 1.807) is 0 Å². The molecule has 0 aliphatic heterocycles. The fraction of sp³-hybridized carbons (Fsp3) is 0.833. The molecule has 4 nitrogen and oxygen atoms in total. The molecule has 0 rings (SSSR count). The molecule has 7 heteroatoms. The average molecular weight is 286 g/mol. The summed E-state index contributed by atoms with van der Waals surface area (Å²) >= 11 is 0. The normalized spacial score (nSPS) is 10.4. The zero-order valence-electron chi connectivity index (χ0n) is 11.3. The van der Waals surface area contributed by atoms with Crippen LogP contribution in [0.25, 0.3) is 0 Å². The van der Waals surface area contributed by atoms with Crippen molar-refractivity contribution in [2.24, 2.45) is 0 Å². The van der Waals surface area contributed by atoms with Gasteiger partial charge >= 0.3 is 18.1 Å². The summed E-state index contributed by atoms with van der Waals surface area (Å²) in [6, 6.07) is 0. The molecule has 0 aromatic rings. The molecule has 0 amide bonds. The third kappa shape index (κ3) is 16.7. The maximum Gasteiger partial charge on any atom is 0.490 e. The first-order chi connectivity index (χ1) is 8.75. The van der Waals surface area contributed by atoms with Gasteiger partial charge in [0.2, 0.25) is 0 Å². The lowest BCUT2D eigenvalue weighted by atomic mass is 10.1. The van der Waals surface area contributed by atoms with Gasteiger partial charge in [-0.2, -0.15) is 13.2 Å². The van der Waals surface area contributed by atoms with Crippen molar-refractivity contribution in [3.8, 4) is 0 Å². The van der Waals surface area contributed by atoms with Crippen molar-refractivity contribution in [3.05, 3.63) is 0 Å². The quantitative estimate of drug-likeness (QED) is 0.574. The van der Waals surface area contributed by atoms with E-state index in [2.05, 4.69) is 11.7 Å². The second-order valence-corrected chi connectivity index (χ2v) is 3.90. The van der Waals surface area contributed by atoms with E-state index in [0.717, 1.165) is 12.8 Å². The SMILES string of the molecule is CCCCCCCCC(=O)OC.O=C(O)C(F)(F)F. The van der Waals surface area contributed by atoms with Crippen LogP contribution in [0.15, 0.2) is 0 Å². The molecule has 0 saturated heterocycles. The van der Waals surface area contributed by atoms with Gasteiger partial charge in [-0.3, -0.25) is 4.79 Å². The zero-order valence-corrected chi connectivity index (χ0v) is 11.3. The van der Waals surface area contributed by atoms with Crippen LogP contribution in [0.4, 0.5) is 13.2 Å². The molecule has 0 radical (unpaired) electrons. The Bertz CT molecular complexity index is 252. The van der Waals surface area contributed by atoms with Crippen molar-refractivity contribution >= 4 is 11.9 Å². The van der Waals surface area contributed by atoms with Crippen molar-refractivity contribution < 1.29 is 32.6 Å². The monoisotopic (exact) mass is 286 g/mol. The highest BCUT2D eigenvalue weighted by atomic mass is 19.4. The number of carboxylic acids is 1. The van der Waals surface area contributed by atoms with Crippen LogP contribution in [-0.2, 0) is 14.3 Å². The maximum absolute atomic E-state index is 10.7. The molecule has 0 aliphatic carbocycles. The van der Waals surface area contributed by atoms with Crippen molar-refractivity contribution in [3.63, 3.8) is 0 Å². The summed E-state index contributed by atoms with van der Waals surface area (Å²) in [5, 5.41) is 7.12. The van der Waals surface area contributed by atoms with Crippen molar-refractivity contribution in [1.82, 2.24) is 0 Å². The second kappa shape index (κ2) is 11.8. The van der Waals surface area contributed by atoms with Crippen molar-refractivity contribution in [2.75, 3.05) is 7.11 Å². The van der Waals surface area contributed by atoms with Gasteiger partial charge in [-0.25, -0.2) is 4.79 Å². The number of unbranched alkanes of at least 4 members (excludes halogenated alkanes) is 5. The average Bonchev–Trinajstić information content (AvgIpc) is 2.32. The van der Waals surface area contributed by atoms with Crippen LogP contribution in [-0.4, -0.2) is 30.3 Å². The summed E-state index contributed by atoms with van der Waals surface area (Å²) in [5.74, 6) is -2.84. The molecule has 19 heavy (non-hydrogen) atoms. The third-order valence-electron chi connectivity index (χ3n) is 2.20. The minimum atomic E-state index is -5.08. The number of hydrogen-bond donors (Lipinski definition) is 1. The zero-order chi connectivity index (χ0) is 15.3. The Labute approximate surface area is 110 Å². The van der Waals surface area contributed by atoms with E-state index < -0.39 is 12.1 Å². The molecule has 114 valence electrons. The standard InChI is InChI=1S/C10H20O2.C2HF3O2/c1-3-4-5-6-7-8-9-10(11)12-2;3-2(4,5)1(6)7/h3-9H2,1-2H3;(H,6,7). The van der Waals surface area contributed by atoms with Gasteiger partial charge in [0, 0.05) is 6.42 Å². The molecule has 0 bridgehead atoms. The van der Waals surface area contributed by atoms with Crippen LogP contribution in [0.5, 0.6) is 0 Å². The van der Waals surface area contributed by atoms with E-state index in [1.807, 2.05) is 0 Å². The first-order valence-corrected chi connectivity index (χ1v) is 6.12. The molecule has 0 aromatic heterocycles. The molecule has 0 saturated carbocycles. The van der Waals surface area contributed by atoms with Crippen LogP contribution in [0.3, 0.4) is 0 Å². The number of rotatable bonds is 7. The predicted molar refractivity (Wildman–Crippen MR) is 63.7 cm³/mol. The Kier molecular flexibility index (Phi) is 12.5. The molecule has 0 aromatic carbocycles. The highest BCUT2D eigenvalue weighted by Crippen LogP contribution is 2.13. The first kappa shape index (κ1) is 20.1. The van der Waals surface area contributed by atoms with E-state index in [-0.39, 0.29) is 5.97 Å². The smallest absolute Gasteiger partial charge is 0.475 e. The summed E-state index contributed by atoms with van der Waals surface area (Å²) in [6.45, 7) is 2.20. The Hall–Kier alpha value is -1.27. The highest BCUT2D eigenvalue weighted by Gasteiger charge is 2.38. The maximum atomic E-state index is 10.7. The molecule has 0 unspecified atom stereocenters. The molecule has 0 atom stereocenters. The van der Waals surface area contributed by atoms with Gasteiger partial charge in [0.25, 0.3) is 0 Å². The van der Waals surface area contributed by atoms with E-state index >= 15 is 0 Å². The molecule has 1 N–H and O–H groups in total. The molecule has 0 heterocycles. The summed E-state index contributed by atoms with van der Waals surface area (Å²) in [6.07, 6.45) is 2.80. The lowest BCUT2D eigenvalue weighted by molar-refractivity contribution is -0.192. The Balaban J connectivity index is 0. The number of alkyl halides is 3. The molecule has 0 spiro atoms. The molecular formula is C12H21F3O4. The Morgan fingerprint density at radius 1 is 1.05 bits per heavy atom. The lowest BCUT2D eigenvalue weighted by Gasteiger charge is -1.99. The highest BCUT2D eigenvalue weighted by molar-refractivity contribution is 5.73. The number of esters is 1. The second-order valence-electron chi connectivity index (χ2n) is 3.90. The van der Waals surface area contributed by atoms with Crippen LogP contribution < -0.4 is 0 Å². The van der Waals surface area contributed by atoms with Crippen LogP contribution >= 0.6 is 0 Å². The predicted octanol–water partition coefficient (Wildman–Crippen LogP) is 3.54. The van der Waals surface area contributed by atoms with Gasteiger partial charge in [-0.05, 0) is 6.42 Å². The number of carbonyl (C=O) groups excluding carboxylic acids is 1. The largest absolute Gasteiger partial charge is 0.490 e. The number of hydrogen-bond acceptors (Lipinski definition) is 3. The minimum Gasteiger partial charge on any atom is -0.475 e. The summed E-state index contributed by atoms with van der Waals surface area (Å²) in [4.78, 5) is 19.6. The third-order valence-corrected chi connectivity index (χ3v) is 2.20. The number of halogens is 3. The van der Waals surface area contributed by atoms with Gasteiger partial charge in [0.1, 0.15) is 0 Å². The molecule has 0 aliphatic rings. The van der Waals surface area contributed by atoms with Gasteiger partial charge in [0.15, 0.2) is 0 Å². The van der Waals surface area contributed by atoms with Crippen LogP contribution in [0.1, 0.15) is 51.9 Å². The van der Waals surface area contributed by atoms with Gasteiger partial charge in [0.05, 0.1) is 7.11 Å². The number of aliphatic carboxylic acids is 1. The summed E-state index contributed by atoms with van der Waals surface area (Å²) < 4.78 is 36.3. The number of carboxylic acid groups (broad SMARTS) is 1. The van der Waals surface area contributed by atoms with Crippen LogP contribution in [0.2, 0.25) is 0 Å². The van der Waals surface area contributed by atoms with E-state index in [1.165, 1.54) is 32.8 Å². The van der Waals surface area contributed by atoms with Crippen molar-refractivity contribution in [1.29, 1.82) is 0 Å². The van der Waals surface area contributed by atoms with Gasteiger partial charge < -0.3 is 9.84 Å². The van der Waals surface area contributed by atoms with E-state index in [0.29, 0.717) is 6.42 Å². The molecule has 0 fully saturated rings. The number of carbonyl (C=O) groups is 2. The van der Waals surface area contributed by atoms with Gasteiger partial charge in [-0.15, -0.1) is 0 Å². The van der Waals surface area contributed by atoms with E-state index in [4.69, 9.17) is 9.90 Å². The van der Waals surface area contributed by atoms with E-state index in [9.17, 15) is 18.0 Å². The Morgan fingerprint density at radius 3 is 1.84 bits per heavy atom. The first-order valence-electron chi connectivity index (χ1n) is 6.12. The number of methoxy groups -OCH3 is 1. The molecular weight excluding hydrogens is 265 g/mol. The fourth-order valence-corrected chi connectivity index (χ4v) is 1.15. The fourth-order valence-electron chi connectivity index (χ4n) is 1.15. The number of ether oxygens (including phenoxy) is 1. The lowest BCUT2D eigenvalue weighted by Crippen LogP contribution is -2.21.